The van der Waals surface area contributed by atoms with Gasteiger partial charge >= 0.3 is 0 Å². The van der Waals surface area contributed by atoms with E-state index in [0.717, 1.165) is 28.8 Å². The summed E-state index contributed by atoms with van der Waals surface area (Å²) in [4.78, 5) is 21.2. The highest BCUT2D eigenvalue weighted by Crippen LogP contribution is 2.16. The molecule has 4 heteroatoms. The smallest absolute Gasteiger partial charge is 0.251 e. The van der Waals surface area contributed by atoms with E-state index >= 15 is 0 Å². The molecule has 0 saturated heterocycles. The number of carbonyl (C=O) groups is 1. The Morgan fingerprint density at radius 3 is 2.35 bits per heavy atom. The maximum Gasteiger partial charge on any atom is 0.251 e. The average Bonchev–Trinajstić information content (AvgIpc) is 2.39. The summed E-state index contributed by atoms with van der Waals surface area (Å²) in [6.45, 7) is 9.94. The van der Waals surface area contributed by atoms with Gasteiger partial charge < -0.3 is 5.32 Å². The van der Waals surface area contributed by atoms with Gasteiger partial charge in [-0.05, 0) is 52.3 Å². The van der Waals surface area contributed by atoms with E-state index in [-0.39, 0.29) is 11.4 Å². The quantitative estimate of drug-likeness (QED) is 0.933. The van der Waals surface area contributed by atoms with Crippen molar-refractivity contribution in [3.05, 3.63) is 35.2 Å². The van der Waals surface area contributed by atoms with Crippen LogP contribution in [-0.4, -0.2) is 21.4 Å². The summed E-state index contributed by atoms with van der Waals surface area (Å²) in [6, 6.07) is 5.45. The molecule has 2 rings (SSSR count). The Labute approximate surface area is 119 Å². The minimum atomic E-state index is -0.207. The Morgan fingerprint density at radius 1 is 1.15 bits per heavy atom. The summed E-state index contributed by atoms with van der Waals surface area (Å²) >= 11 is 0. The van der Waals surface area contributed by atoms with Crippen molar-refractivity contribution >= 4 is 16.9 Å². The van der Waals surface area contributed by atoms with E-state index in [1.54, 1.807) is 12.1 Å². The fourth-order valence-corrected chi connectivity index (χ4v) is 1.84. The molecule has 2 aromatic rings. The van der Waals surface area contributed by atoms with Crippen LogP contribution in [0.3, 0.4) is 0 Å². The second kappa shape index (κ2) is 5.19. The predicted molar refractivity (Wildman–Crippen MR) is 80.8 cm³/mol. The van der Waals surface area contributed by atoms with E-state index in [9.17, 15) is 4.79 Å². The molecule has 1 amide bonds. The first-order valence-corrected chi connectivity index (χ1v) is 6.90. The number of fused-ring (bicyclic) bond motifs is 1. The molecule has 0 atom stereocenters. The molecule has 0 aliphatic heterocycles. The zero-order valence-corrected chi connectivity index (χ0v) is 12.7. The fourth-order valence-electron chi connectivity index (χ4n) is 1.84. The van der Waals surface area contributed by atoms with E-state index < -0.39 is 0 Å². The number of hydrogen-bond donors (Lipinski definition) is 1. The molecule has 0 radical (unpaired) electrons. The van der Waals surface area contributed by atoms with Crippen LogP contribution >= 0.6 is 0 Å². The number of hydrogen-bond acceptors (Lipinski definition) is 3. The van der Waals surface area contributed by atoms with Gasteiger partial charge in [-0.3, -0.25) is 4.79 Å². The predicted octanol–water partition coefficient (Wildman–Crippen LogP) is 3.17. The lowest BCUT2D eigenvalue weighted by atomic mass is 10.0. The van der Waals surface area contributed by atoms with Crippen LogP contribution < -0.4 is 5.32 Å². The van der Waals surface area contributed by atoms with Crippen molar-refractivity contribution in [3.8, 4) is 0 Å². The summed E-state index contributed by atoms with van der Waals surface area (Å²) in [5.74, 6) is -0.0706. The van der Waals surface area contributed by atoms with Crippen LogP contribution in [0.4, 0.5) is 0 Å². The van der Waals surface area contributed by atoms with Gasteiger partial charge in [0, 0.05) is 11.1 Å². The summed E-state index contributed by atoms with van der Waals surface area (Å²) in [7, 11) is 0. The fraction of sp³-hybridized carbons (Fsp3) is 0.438. The Hall–Kier alpha value is -1.97. The lowest BCUT2D eigenvalue weighted by Crippen LogP contribution is -2.42. The van der Waals surface area contributed by atoms with Crippen molar-refractivity contribution in [3.63, 3.8) is 0 Å². The molecule has 0 bridgehead atoms. The normalized spacial score (nSPS) is 11.7. The zero-order valence-electron chi connectivity index (χ0n) is 12.7. The van der Waals surface area contributed by atoms with Crippen LogP contribution in [0, 0.1) is 13.8 Å². The molecule has 1 N–H and O–H groups in total. The number of amides is 1. The van der Waals surface area contributed by atoms with E-state index in [2.05, 4.69) is 22.2 Å². The Bertz CT molecular complexity index is 662. The molecule has 0 unspecified atom stereocenters. The minimum absolute atomic E-state index is 0.0706. The summed E-state index contributed by atoms with van der Waals surface area (Å²) in [6.07, 6.45) is 0.879. The van der Waals surface area contributed by atoms with Crippen LogP contribution in [0.5, 0.6) is 0 Å². The van der Waals surface area contributed by atoms with Gasteiger partial charge in [0.05, 0.1) is 22.4 Å². The van der Waals surface area contributed by atoms with Crippen LogP contribution in [0.2, 0.25) is 0 Å². The van der Waals surface area contributed by atoms with Crippen molar-refractivity contribution in [1.82, 2.24) is 15.3 Å². The first kappa shape index (κ1) is 14.4. The van der Waals surface area contributed by atoms with Gasteiger partial charge in [0.25, 0.3) is 5.91 Å². The van der Waals surface area contributed by atoms with Gasteiger partial charge in [-0.2, -0.15) is 0 Å². The molecule has 106 valence electrons. The third kappa shape index (κ3) is 2.95. The van der Waals surface area contributed by atoms with Gasteiger partial charge in [0.2, 0.25) is 0 Å². The number of aryl methyl sites for hydroxylation is 2. The maximum absolute atomic E-state index is 12.3. The number of nitrogens with one attached hydrogen (secondary N) is 1. The highest BCUT2D eigenvalue weighted by molar-refractivity contribution is 5.97. The average molecular weight is 271 g/mol. The molecule has 4 nitrogen and oxygen atoms in total. The second-order valence-corrected chi connectivity index (χ2v) is 5.79. The lowest BCUT2D eigenvalue weighted by molar-refractivity contribution is 0.0911. The van der Waals surface area contributed by atoms with Gasteiger partial charge in [-0.1, -0.05) is 6.92 Å². The Kier molecular flexibility index (Phi) is 3.75. The first-order chi connectivity index (χ1) is 9.32. The third-order valence-electron chi connectivity index (χ3n) is 3.67. The van der Waals surface area contributed by atoms with Crippen molar-refractivity contribution in [1.29, 1.82) is 0 Å². The molecule has 1 aromatic heterocycles. The lowest BCUT2D eigenvalue weighted by Gasteiger charge is -2.24. The van der Waals surface area contributed by atoms with Crippen molar-refractivity contribution in [2.75, 3.05) is 0 Å². The number of aromatic nitrogens is 2. The van der Waals surface area contributed by atoms with Crippen LogP contribution in [0.15, 0.2) is 18.2 Å². The highest BCUT2D eigenvalue weighted by Gasteiger charge is 2.19. The molecule has 0 aliphatic rings. The molecule has 20 heavy (non-hydrogen) atoms. The SMILES string of the molecule is CCC(C)(C)NC(=O)c1ccc2nc(C)c(C)nc2c1. The van der Waals surface area contributed by atoms with E-state index in [4.69, 9.17) is 0 Å². The highest BCUT2D eigenvalue weighted by atomic mass is 16.1. The number of nitrogens with zero attached hydrogens (tertiary/aromatic N) is 2. The molecule has 1 heterocycles. The van der Waals surface area contributed by atoms with Crippen LogP contribution in [0.25, 0.3) is 11.0 Å². The molecule has 0 aliphatic carbocycles. The maximum atomic E-state index is 12.3. The topological polar surface area (TPSA) is 54.9 Å². The van der Waals surface area contributed by atoms with E-state index in [0.29, 0.717) is 5.56 Å². The van der Waals surface area contributed by atoms with E-state index in [1.165, 1.54) is 0 Å². The van der Waals surface area contributed by atoms with E-state index in [1.807, 2.05) is 33.8 Å². The molecular weight excluding hydrogens is 250 g/mol. The number of benzene rings is 1. The zero-order chi connectivity index (χ0) is 14.9. The molecule has 1 aromatic carbocycles. The minimum Gasteiger partial charge on any atom is -0.347 e. The standard InChI is InChI=1S/C16H21N3O/c1-6-16(4,5)19-15(20)12-7-8-13-14(9-12)18-11(3)10(2)17-13/h7-9H,6H2,1-5H3,(H,19,20). The van der Waals surface area contributed by atoms with Gasteiger partial charge in [-0.15, -0.1) is 0 Å². The first-order valence-electron chi connectivity index (χ1n) is 6.90. The summed E-state index contributed by atoms with van der Waals surface area (Å²) < 4.78 is 0. The Morgan fingerprint density at radius 2 is 1.75 bits per heavy atom. The van der Waals surface area contributed by atoms with Gasteiger partial charge in [0.1, 0.15) is 0 Å². The van der Waals surface area contributed by atoms with Gasteiger partial charge in [-0.25, -0.2) is 9.97 Å². The number of rotatable bonds is 3. The van der Waals surface area contributed by atoms with Crippen LogP contribution in [-0.2, 0) is 0 Å². The number of carbonyl (C=O) groups excluding carboxylic acids is 1. The summed E-state index contributed by atoms with van der Waals surface area (Å²) in [5.41, 5.74) is 3.80. The largest absolute Gasteiger partial charge is 0.347 e. The third-order valence-corrected chi connectivity index (χ3v) is 3.67. The van der Waals surface area contributed by atoms with Crippen molar-refractivity contribution in [2.45, 2.75) is 46.6 Å². The monoisotopic (exact) mass is 271 g/mol. The van der Waals surface area contributed by atoms with Crippen molar-refractivity contribution in [2.24, 2.45) is 0 Å². The molecular formula is C16H21N3O. The molecule has 0 saturated carbocycles. The molecule has 0 fully saturated rings. The Balaban J connectivity index is 2.36. The summed E-state index contributed by atoms with van der Waals surface area (Å²) in [5, 5.41) is 3.03. The second-order valence-electron chi connectivity index (χ2n) is 5.79. The molecule has 0 spiro atoms. The van der Waals surface area contributed by atoms with Crippen LogP contribution in [0.1, 0.15) is 48.9 Å². The van der Waals surface area contributed by atoms with Crippen molar-refractivity contribution < 1.29 is 4.79 Å². The van der Waals surface area contributed by atoms with Gasteiger partial charge in [0.15, 0.2) is 0 Å².